The van der Waals surface area contributed by atoms with E-state index in [1.807, 2.05) is 0 Å². The van der Waals surface area contributed by atoms with Gasteiger partial charge >= 0.3 is 17.9 Å². The zero-order chi connectivity index (χ0) is 47.9. The van der Waals surface area contributed by atoms with Crippen LogP contribution in [0.3, 0.4) is 0 Å². The van der Waals surface area contributed by atoms with Crippen molar-refractivity contribution in [3.63, 3.8) is 0 Å². The molecular formula is C60H116O6. The van der Waals surface area contributed by atoms with Crippen LogP contribution in [0.15, 0.2) is 0 Å². The van der Waals surface area contributed by atoms with Crippen molar-refractivity contribution in [3.05, 3.63) is 0 Å². The van der Waals surface area contributed by atoms with Crippen LogP contribution in [0.5, 0.6) is 0 Å². The van der Waals surface area contributed by atoms with E-state index in [1.54, 1.807) is 0 Å². The molecule has 6 heteroatoms. The second kappa shape index (κ2) is 56.0. The molecule has 0 aromatic heterocycles. The lowest BCUT2D eigenvalue weighted by Gasteiger charge is -2.18. The molecule has 0 spiro atoms. The number of unbranched alkanes of at least 4 members (excludes halogenated alkanes) is 45. The van der Waals surface area contributed by atoms with Crippen molar-refractivity contribution < 1.29 is 28.6 Å². The quantitative estimate of drug-likeness (QED) is 0.0343. The molecule has 0 radical (unpaired) electrons. The summed E-state index contributed by atoms with van der Waals surface area (Å²) in [6.07, 6.45) is 63.3. The maximum atomic E-state index is 12.7. The van der Waals surface area contributed by atoms with Crippen LogP contribution >= 0.6 is 0 Å². The Kier molecular flexibility index (Phi) is 54.7. The molecule has 6 nitrogen and oxygen atoms in total. The lowest BCUT2D eigenvalue weighted by molar-refractivity contribution is -0.167. The first-order valence-electron chi connectivity index (χ1n) is 30.0. The van der Waals surface area contributed by atoms with Crippen molar-refractivity contribution in [2.24, 2.45) is 0 Å². The minimum atomic E-state index is -0.758. The molecular weight excluding hydrogens is 817 g/mol. The first-order valence-corrected chi connectivity index (χ1v) is 30.0. The third-order valence-corrected chi connectivity index (χ3v) is 13.9. The predicted octanol–water partition coefficient (Wildman–Crippen LogP) is 19.9. The fraction of sp³-hybridized carbons (Fsp3) is 0.950. The molecule has 0 heterocycles. The topological polar surface area (TPSA) is 78.9 Å². The van der Waals surface area contributed by atoms with Crippen LogP contribution in [0.2, 0.25) is 0 Å². The van der Waals surface area contributed by atoms with E-state index >= 15 is 0 Å². The molecule has 0 saturated carbocycles. The van der Waals surface area contributed by atoms with Gasteiger partial charge in [0.25, 0.3) is 0 Å². The third kappa shape index (κ3) is 53.4. The standard InChI is InChI=1S/C60H116O6/c1-4-7-10-13-15-17-19-20-21-22-23-24-25-26-27-28-29-30-31-32-33-34-35-36-37-38-39-40-41-43-44-47-50-53-59(62)65-56-57(55-64-58(61)52-49-46-12-9-6-3)66-60(63)54-51-48-45-42-18-16-14-11-8-5-2/h57H,4-56H2,1-3H3. The Bertz CT molecular complexity index is 982. The van der Waals surface area contributed by atoms with Crippen LogP contribution in [0.25, 0.3) is 0 Å². The van der Waals surface area contributed by atoms with Gasteiger partial charge in [-0.3, -0.25) is 14.4 Å². The fourth-order valence-electron chi connectivity index (χ4n) is 9.33. The van der Waals surface area contributed by atoms with Gasteiger partial charge in [-0.25, -0.2) is 0 Å². The molecule has 0 N–H and O–H groups in total. The van der Waals surface area contributed by atoms with Crippen molar-refractivity contribution in [2.45, 2.75) is 354 Å². The molecule has 0 fully saturated rings. The minimum absolute atomic E-state index is 0.0635. The Morgan fingerprint density at radius 3 is 0.606 bits per heavy atom. The molecule has 0 aromatic carbocycles. The summed E-state index contributed by atoms with van der Waals surface area (Å²) >= 11 is 0. The second-order valence-electron chi connectivity index (χ2n) is 20.6. The average Bonchev–Trinajstić information content (AvgIpc) is 3.31. The summed E-state index contributed by atoms with van der Waals surface area (Å²) in [5, 5.41) is 0. The summed E-state index contributed by atoms with van der Waals surface area (Å²) in [7, 11) is 0. The molecule has 0 aliphatic heterocycles. The first-order chi connectivity index (χ1) is 32.5. The van der Waals surface area contributed by atoms with Gasteiger partial charge in [0, 0.05) is 19.3 Å². The first kappa shape index (κ1) is 64.4. The molecule has 0 amide bonds. The smallest absolute Gasteiger partial charge is 0.306 e. The van der Waals surface area contributed by atoms with Crippen molar-refractivity contribution >= 4 is 17.9 Å². The van der Waals surface area contributed by atoms with Crippen LogP contribution in [0.4, 0.5) is 0 Å². The van der Waals surface area contributed by atoms with Gasteiger partial charge in [0.15, 0.2) is 6.10 Å². The molecule has 1 unspecified atom stereocenters. The van der Waals surface area contributed by atoms with Crippen molar-refractivity contribution in [2.75, 3.05) is 13.2 Å². The Morgan fingerprint density at radius 2 is 0.409 bits per heavy atom. The number of esters is 3. The minimum Gasteiger partial charge on any atom is -0.462 e. The van der Waals surface area contributed by atoms with E-state index in [9.17, 15) is 14.4 Å². The fourth-order valence-corrected chi connectivity index (χ4v) is 9.33. The van der Waals surface area contributed by atoms with Gasteiger partial charge in [0.1, 0.15) is 13.2 Å². The van der Waals surface area contributed by atoms with E-state index in [0.29, 0.717) is 19.3 Å². The van der Waals surface area contributed by atoms with Crippen molar-refractivity contribution in [1.82, 2.24) is 0 Å². The number of ether oxygens (including phenoxy) is 3. The number of carbonyl (C=O) groups excluding carboxylic acids is 3. The van der Waals surface area contributed by atoms with E-state index in [0.717, 1.165) is 64.2 Å². The Balaban J connectivity index is 3.76. The molecule has 66 heavy (non-hydrogen) atoms. The highest BCUT2D eigenvalue weighted by Gasteiger charge is 2.19. The molecule has 0 saturated heterocycles. The summed E-state index contributed by atoms with van der Waals surface area (Å²) in [6.45, 7) is 6.59. The zero-order valence-corrected chi connectivity index (χ0v) is 45.0. The van der Waals surface area contributed by atoms with Crippen LogP contribution in [0.1, 0.15) is 348 Å². The average molecular weight is 934 g/mol. The zero-order valence-electron chi connectivity index (χ0n) is 45.0. The molecule has 0 aromatic rings. The monoisotopic (exact) mass is 933 g/mol. The van der Waals surface area contributed by atoms with Gasteiger partial charge in [-0.2, -0.15) is 0 Å². The lowest BCUT2D eigenvalue weighted by atomic mass is 10.0. The molecule has 392 valence electrons. The van der Waals surface area contributed by atoms with E-state index in [-0.39, 0.29) is 31.1 Å². The number of rotatable bonds is 56. The predicted molar refractivity (Wildman–Crippen MR) is 284 cm³/mol. The number of hydrogen-bond donors (Lipinski definition) is 0. The van der Waals surface area contributed by atoms with Gasteiger partial charge in [-0.1, -0.05) is 310 Å². The van der Waals surface area contributed by atoms with Crippen molar-refractivity contribution in [3.8, 4) is 0 Å². The SMILES string of the molecule is CCCCCCCCCCCCCCCCCCCCCCCCCCCCCCCCCCCC(=O)OCC(COC(=O)CCCCCCC)OC(=O)CCCCCCCCCCCC. The molecule has 0 rings (SSSR count). The summed E-state index contributed by atoms with van der Waals surface area (Å²) in [6, 6.07) is 0. The maximum Gasteiger partial charge on any atom is 0.306 e. The largest absolute Gasteiger partial charge is 0.462 e. The summed E-state index contributed by atoms with van der Waals surface area (Å²) in [5.74, 6) is -0.860. The lowest BCUT2D eigenvalue weighted by Crippen LogP contribution is -2.30. The van der Waals surface area contributed by atoms with Gasteiger partial charge < -0.3 is 14.2 Å². The van der Waals surface area contributed by atoms with Crippen LogP contribution < -0.4 is 0 Å². The molecule has 0 bridgehead atoms. The summed E-state index contributed by atoms with van der Waals surface area (Å²) < 4.78 is 16.7. The number of carbonyl (C=O) groups is 3. The second-order valence-corrected chi connectivity index (χ2v) is 20.6. The van der Waals surface area contributed by atoms with E-state index < -0.39 is 6.10 Å². The summed E-state index contributed by atoms with van der Waals surface area (Å²) in [4.78, 5) is 37.6. The van der Waals surface area contributed by atoms with Gasteiger partial charge in [0.05, 0.1) is 0 Å². The normalized spacial score (nSPS) is 11.9. The Hall–Kier alpha value is -1.59. The molecule has 0 aliphatic rings. The van der Waals surface area contributed by atoms with Crippen molar-refractivity contribution in [1.29, 1.82) is 0 Å². The van der Waals surface area contributed by atoms with Crippen LogP contribution in [-0.4, -0.2) is 37.2 Å². The van der Waals surface area contributed by atoms with Gasteiger partial charge in [-0.05, 0) is 19.3 Å². The van der Waals surface area contributed by atoms with E-state index in [2.05, 4.69) is 20.8 Å². The van der Waals surface area contributed by atoms with Crippen LogP contribution in [0, 0.1) is 0 Å². The summed E-state index contributed by atoms with van der Waals surface area (Å²) in [5.41, 5.74) is 0. The van der Waals surface area contributed by atoms with Gasteiger partial charge in [0.2, 0.25) is 0 Å². The van der Waals surface area contributed by atoms with Crippen LogP contribution in [-0.2, 0) is 28.6 Å². The molecule has 1 atom stereocenters. The number of hydrogen-bond acceptors (Lipinski definition) is 6. The highest BCUT2D eigenvalue weighted by atomic mass is 16.6. The maximum absolute atomic E-state index is 12.7. The Morgan fingerprint density at radius 1 is 0.242 bits per heavy atom. The Labute approximate surface area is 412 Å². The highest BCUT2D eigenvalue weighted by Crippen LogP contribution is 2.18. The molecule has 0 aliphatic carbocycles. The third-order valence-electron chi connectivity index (χ3n) is 13.9. The van der Waals surface area contributed by atoms with E-state index in [4.69, 9.17) is 14.2 Å². The highest BCUT2D eigenvalue weighted by molar-refractivity contribution is 5.71. The van der Waals surface area contributed by atoms with E-state index in [1.165, 1.54) is 244 Å². The van der Waals surface area contributed by atoms with Gasteiger partial charge in [-0.15, -0.1) is 0 Å².